The molecule has 2 aliphatic heterocycles. The molecule has 9 nitrogen and oxygen atoms in total. The summed E-state index contributed by atoms with van der Waals surface area (Å²) < 4.78 is 40.5. The SMILES string of the molecule is C[C@@H]1COCCN1c1cc(N2CCCCS2(=O)=O)c2snc(-c3ccnn3PI)c2n1. The van der Waals surface area contributed by atoms with Crippen LogP contribution in [0.3, 0.4) is 0 Å². The van der Waals surface area contributed by atoms with Crippen molar-refractivity contribution in [2.75, 3.05) is 41.3 Å². The molecule has 0 aliphatic carbocycles. The van der Waals surface area contributed by atoms with Crippen LogP contribution in [0, 0.1) is 0 Å². The van der Waals surface area contributed by atoms with E-state index in [-0.39, 0.29) is 11.8 Å². The third-order valence-corrected chi connectivity index (χ3v) is 10.2. The van der Waals surface area contributed by atoms with E-state index in [4.69, 9.17) is 14.1 Å². The molecule has 0 N–H and O–H groups in total. The van der Waals surface area contributed by atoms with Gasteiger partial charge in [-0.05, 0) is 59.4 Å². The van der Waals surface area contributed by atoms with Crippen LogP contribution in [0.15, 0.2) is 18.3 Å². The lowest BCUT2D eigenvalue weighted by molar-refractivity contribution is 0.0986. The van der Waals surface area contributed by atoms with Crippen molar-refractivity contribution in [3.63, 3.8) is 0 Å². The van der Waals surface area contributed by atoms with Crippen LogP contribution in [0.25, 0.3) is 21.6 Å². The van der Waals surface area contributed by atoms with E-state index in [1.54, 1.807) is 10.5 Å². The van der Waals surface area contributed by atoms with E-state index in [0.29, 0.717) is 44.8 Å². The molecule has 31 heavy (non-hydrogen) atoms. The zero-order valence-corrected chi connectivity index (χ0v) is 21.7. The molecule has 2 saturated heterocycles. The summed E-state index contributed by atoms with van der Waals surface area (Å²) in [5, 5.41) is 4.38. The van der Waals surface area contributed by atoms with E-state index >= 15 is 0 Å². The van der Waals surface area contributed by atoms with Crippen LogP contribution in [0.5, 0.6) is 0 Å². The molecule has 3 aromatic heterocycles. The number of hydrogen-bond donors (Lipinski definition) is 0. The van der Waals surface area contributed by atoms with E-state index in [9.17, 15) is 8.42 Å². The Bertz CT molecular complexity index is 1220. The van der Waals surface area contributed by atoms with E-state index in [2.05, 4.69) is 39.0 Å². The van der Waals surface area contributed by atoms with Crippen LogP contribution >= 0.6 is 39.9 Å². The number of fused-ring (bicyclic) bond motifs is 1. The van der Waals surface area contributed by atoms with Crippen molar-refractivity contribution in [3.05, 3.63) is 18.3 Å². The predicted molar refractivity (Wildman–Crippen MR) is 134 cm³/mol. The van der Waals surface area contributed by atoms with Gasteiger partial charge in [0.15, 0.2) is 0 Å². The molecule has 0 spiro atoms. The number of halogens is 1. The number of pyridine rings is 1. The van der Waals surface area contributed by atoms with Gasteiger partial charge in [-0.3, -0.25) is 4.31 Å². The minimum absolute atomic E-state index is 0.154. The highest BCUT2D eigenvalue weighted by Crippen LogP contribution is 2.41. The van der Waals surface area contributed by atoms with Crippen LogP contribution in [-0.4, -0.2) is 65.4 Å². The molecular formula is C18H22IN6O3PS2. The second-order valence-corrected chi connectivity index (χ2v) is 12.5. The smallest absolute Gasteiger partial charge is 0.235 e. The number of morpholine rings is 1. The van der Waals surface area contributed by atoms with E-state index in [0.717, 1.165) is 33.8 Å². The Morgan fingerprint density at radius 1 is 1.32 bits per heavy atom. The van der Waals surface area contributed by atoms with Crippen LogP contribution < -0.4 is 9.21 Å². The average Bonchev–Trinajstić information content (AvgIpc) is 3.39. The first-order chi connectivity index (χ1) is 15.0. The molecule has 166 valence electrons. The number of sulfonamides is 1. The van der Waals surface area contributed by atoms with Gasteiger partial charge in [-0.1, -0.05) is 0 Å². The van der Waals surface area contributed by atoms with Gasteiger partial charge in [-0.15, -0.1) is 0 Å². The summed E-state index contributed by atoms with van der Waals surface area (Å²) in [4.78, 5) is 7.20. The summed E-state index contributed by atoms with van der Waals surface area (Å²) in [5.41, 5.74) is 3.06. The number of rotatable bonds is 4. The maximum atomic E-state index is 13.0. The largest absolute Gasteiger partial charge is 0.377 e. The fraction of sp³-hybridized carbons (Fsp3) is 0.500. The highest BCUT2D eigenvalue weighted by atomic mass is 127. The summed E-state index contributed by atoms with van der Waals surface area (Å²) in [6.07, 6.45) is 3.74. The first-order valence-electron chi connectivity index (χ1n) is 10.1. The highest BCUT2D eigenvalue weighted by molar-refractivity contribution is 14.2. The van der Waals surface area contributed by atoms with E-state index in [1.807, 2.05) is 16.6 Å². The summed E-state index contributed by atoms with van der Waals surface area (Å²) in [5.74, 6) is 0.942. The van der Waals surface area contributed by atoms with E-state index in [1.165, 1.54) is 11.5 Å². The van der Waals surface area contributed by atoms with Crippen LogP contribution in [0.1, 0.15) is 19.8 Å². The Kier molecular flexibility index (Phi) is 6.10. The number of nitrogens with zero attached hydrogens (tertiary/aromatic N) is 6. The summed E-state index contributed by atoms with van der Waals surface area (Å²) in [6, 6.07) is 4.01. The van der Waals surface area contributed by atoms with Crippen LogP contribution in [-0.2, 0) is 14.8 Å². The lowest BCUT2D eigenvalue weighted by Crippen LogP contribution is -2.44. The molecule has 0 radical (unpaired) electrons. The standard InChI is InChI=1S/C18H22IN6O3PS2/c1-12-11-28-8-7-23(12)15-10-14(24-6-2-3-9-31(24,26)27)18-17(21-15)16(22-30-18)13-4-5-20-25(13)29-19/h4-5,10,12,29H,2-3,6-9,11H2,1H3/t12-/m1/s1. The maximum Gasteiger partial charge on any atom is 0.235 e. The average molecular weight is 592 g/mol. The lowest BCUT2D eigenvalue weighted by atomic mass is 10.2. The van der Waals surface area contributed by atoms with Crippen molar-refractivity contribution in [2.24, 2.45) is 0 Å². The minimum atomic E-state index is -3.36. The summed E-state index contributed by atoms with van der Waals surface area (Å²) in [6.45, 7) is 4.54. The second-order valence-electron chi connectivity index (χ2n) is 7.63. The highest BCUT2D eigenvalue weighted by Gasteiger charge is 2.31. The zero-order valence-electron chi connectivity index (χ0n) is 16.9. The fourth-order valence-corrected chi connectivity index (χ4v) is 8.16. The van der Waals surface area contributed by atoms with Crippen molar-refractivity contribution in [3.8, 4) is 11.4 Å². The predicted octanol–water partition coefficient (Wildman–Crippen LogP) is 3.50. The number of ether oxygens (including phenoxy) is 1. The summed E-state index contributed by atoms with van der Waals surface area (Å²) >= 11 is 3.60. The van der Waals surface area contributed by atoms with Gasteiger partial charge < -0.3 is 9.64 Å². The van der Waals surface area contributed by atoms with Gasteiger partial charge in [0, 0.05) is 25.4 Å². The van der Waals surface area contributed by atoms with Gasteiger partial charge in [0.2, 0.25) is 10.0 Å². The first-order valence-corrected chi connectivity index (χ1v) is 16.5. The lowest BCUT2D eigenvalue weighted by Gasteiger charge is -2.35. The Morgan fingerprint density at radius 3 is 2.97 bits per heavy atom. The molecule has 0 saturated carbocycles. The maximum absolute atomic E-state index is 13.0. The Balaban J connectivity index is 1.73. The van der Waals surface area contributed by atoms with Crippen molar-refractivity contribution >= 4 is 71.7 Å². The van der Waals surface area contributed by atoms with Gasteiger partial charge in [0.05, 0.1) is 47.5 Å². The minimum Gasteiger partial charge on any atom is -0.377 e. The molecule has 0 bridgehead atoms. The van der Waals surface area contributed by atoms with Gasteiger partial charge in [-0.2, -0.15) is 9.47 Å². The van der Waals surface area contributed by atoms with Crippen LogP contribution in [0.2, 0.25) is 0 Å². The number of anilines is 2. The number of aromatic nitrogens is 4. The molecule has 0 amide bonds. The van der Waals surface area contributed by atoms with Crippen molar-refractivity contribution in [1.82, 2.24) is 18.9 Å². The number of hydrogen-bond acceptors (Lipinski definition) is 8. The molecule has 13 heteroatoms. The third kappa shape index (κ3) is 3.94. The molecule has 0 aromatic carbocycles. The normalized spacial score (nSPS) is 22.1. The molecule has 1 unspecified atom stereocenters. The third-order valence-electron chi connectivity index (χ3n) is 5.64. The molecule has 5 rings (SSSR count). The van der Waals surface area contributed by atoms with Gasteiger partial charge in [0.1, 0.15) is 17.0 Å². The monoisotopic (exact) mass is 592 g/mol. The van der Waals surface area contributed by atoms with Gasteiger partial charge in [-0.25, -0.2) is 17.9 Å². The van der Waals surface area contributed by atoms with E-state index < -0.39 is 10.0 Å². The topological polar surface area (TPSA) is 93.5 Å². The molecular weight excluding hydrogens is 570 g/mol. The zero-order chi connectivity index (χ0) is 21.6. The molecule has 2 fully saturated rings. The molecule has 3 aromatic rings. The molecule has 2 aliphatic rings. The van der Waals surface area contributed by atoms with Crippen LogP contribution in [0.4, 0.5) is 11.5 Å². The summed E-state index contributed by atoms with van der Waals surface area (Å²) in [7, 11) is -3.36. The van der Waals surface area contributed by atoms with Crippen molar-refractivity contribution in [2.45, 2.75) is 25.8 Å². The Hall–Kier alpha value is -1.08. The molecule has 2 atom stereocenters. The first kappa shape index (κ1) is 21.7. The Morgan fingerprint density at radius 2 is 2.19 bits per heavy atom. The quantitative estimate of drug-likeness (QED) is 0.338. The van der Waals surface area contributed by atoms with Crippen molar-refractivity contribution < 1.29 is 13.2 Å². The Labute approximate surface area is 199 Å². The van der Waals surface area contributed by atoms with Gasteiger partial charge in [0.25, 0.3) is 0 Å². The molecule has 5 heterocycles. The van der Waals surface area contributed by atoms with Crippen molar-refractivity contribution in [1.29, 1.82) is 0 Å². The van der Waals surface area contributed by atoms with Gasteiger partial charge >= 0.3 is 0 Å². The second kappa shape index (κ2) is 8.69. The fourth-order valence-electron chi connectivity index (χ4n) is 4.07.